The first kappa shape index (κ1) is 29.0. The molecule has 10 nitrogen and oxygen atoms in total. The van der Waals surface area contributed by atoms with Gasteiger partial charge in [0.15, 0.2) is 17.3 Å². The van der Waals surface area contributed by atoms with Crippen LogP contribution in [0.2, 0.25) is 0 Å². The van der Waals surface area contributed by atoms with Gasteiger partial charge in [0.2, 0.25) is 30.4 Å². The van der Waals surface area contributed by atoms with E-state index in [0.29, 0.717) is 11.5 Å². The molecule has 1 saturated carbocycles. The number of fused-ring (bicyclic) bond motifs is 1. The zero-order valence-electron chi connectivity index (χ0n) is 23.7. The Labute approximate surface area is 244 Å². The summed E-state index contributed by atoms with van der Waals surface area (Å²) in [5.41, 5.74) is 1.48. The van der Waals surface area contributed by atoms with Crippen molar-refractivity contribution in [2.75, 3.05) is 13.8 Å². The van der Waals surface area contributed by atoms with E-state index >= 15 is 0 Å². The largest absolute Gasteiger partial charge is 0.454 e. The van der Waals surface area contributed by atoms with Crippen molar-refractivity contribution >= 4 is 35.5 Å². The van der Waals surface area contributed by atoms with Gasteiger partial charge < -0.3 is 20.1 Å². The second-order valence-electron chi connectivity index (χ2n) is 11.1. The summed E-state index contributed by atoms with van der Waals surface area (Å²) in [6.07, 6.45) is 6.27. The molecule has 1 aliphatic carbocycles. The highest BCUT2D eigenvalue weighted by Crippen LogP contribution is 2.34. The van der Waals surface area contributed by atoms with E-state index in [4.69, 9.17) is 9.47 Å². The van der Waals surface area contributed by atoms with Gasteiger partial charge in [-0.25, -0.2) is 0 Å². The van der Waals surface area contributed by atoms with Crippen molar-refractivity contribution in [1.82, 2.24) is 15.5 Å². The van der Waals surface area contributed by atoms with Crippen LogP contribution in [0.15, 0.2) is 54.6 Å². The van der Waals surface area contributed by atoms with Crippen LogP contribution in [0.1, 0.15) is 56.2 Å². The number of carbonyl (C=O) groups excluding carboxylic acids is 5. The van der Waals surface area contributed by atoms with Gasteiger partial charge in [0.25, 0.3) is 0 Å². The second kappa shape index (κ2) is 12.6. The van der Waals surface area contributed by atoms with Gasteiger partial charge in [0, 0.05) is 13.1 Å². The number of amides is 4. The maximum Gasteiger partial charge on any atom is 0.244 e. The van der Waals surface area contributed by atoms with Crippen LogP contribution in [0.3, 0.4) is 0 Å². The monoisotopic (exact) mass is 573 g/mol. The molecule has 220 valence electrons. The number of hydrogen-bond donors (Lipinski definition) is 2. The number of imide groups is 1. The van der Waals surface area contributed by atoms with E-state index in [9.17, 15) is 24.0 Å². The SMILES string of the molecule is C[C@@H]1C(=O)N(C)C(=O)[C@H]1C(=O)C(NC(=O)C[C@H](NC(=O)/C=C/c1ccc2c(c1)OCO2)c1ccccc1)C1CCCC1. The van der Waals surface area contributed by atoms with E-state index in [1.54, 1.807) is 31.2 Å². The van der Waals surface area contributed by atoms with Crippen LogP contribution < -0.4 is 20.1 Å². The van der Waals surface area contributed by atoms with Gasteiger partial charge in [0.1, 0.15) is 5.92 Å². The zero-order valence-corrected chi connectivity index (χ0v) is 23.7. The summed E-state index contributed by atoms with van der Waals surface area (Å²) >= 11 is 0. The van der Waals surface area contributed by atoms with Gasteiger partial charge in [0.05, 0.1) is 24.4 Å². The van der Waals surface area contributed by atoms with Crippen LogP contribution in [0.5, 0.6) is 11.5 Å². The van der Waals surface area contributed by atoms with E-state index in [1.165, 1.54) is 13.1 Å². The fourth-order valence-electron chi connectivity index (χ4n) is 6.02. The Morgan fingerprint density at radius 1 is 0.976 bits per heavy atom. The van der Waals surface area contributed by atoms with Gasteiger partial charge in [-0.15, -0.1) is 0 Å². The molecule has 0 bridgehead atoms. The molecule has 0 spiro atoms. The average Bonchev–Trinajstić information content (AvgIpc) is 3.73. The summed E-state index contributed by atoms with van der Waals surface area (Å²) in [6, 6.07) is 12.9. The number of nitrogens with one attached hydrogen (secondary N) is 2. The van der Waals surface area contributed by atoms with Crippen molar-refractivity contribution in [2.24, 2.45) is 17.8 Å². The van der Waals surface area contributed by atoms with Crippen molar-refractivity contribution in [3.63, 3.8) is 0 Å². The first-order chi connectivity index (χ1) is 20.2. The molecule has 1 unspecified atom stereocenters. The molecule has 2 fully saturated rings. The standard InChI is InChI=1S/C32H35N3O7/c1-19-28(32(40)35(2)31(19)39)30(38)29(22-10-6-7-11-22)34-27(37)17-23(21-8-4-3-5-9-21)33-26(36)15-13-20-12-14-24-25(16-20)42-18-41-24/h3-5,8-9,12-16,19,22-23,28-29H,6-7,10-11,17-18H2,1-2H3,(H,33,36)(H,34,37)/b15-13+/t19-,23-,28+,29?/m0/s1. The highest BCUT2D eigenvalue weighted by Gasteiger charge is 2.50. The van der Waals surface area contributed by atoms with Gasteiger partial charge in [-0.2, -0.15) is 0 Å². The summed E-state index contributed by atoms with van der Waals surface area (Å²) in [6.45, 7) is 1.74. The summed E-state index contributed by atoms with van der Waals surface area (Å²) in [5, 5.41) is 5.80. The number of likely N-dealkylation sites (tertiary alicyclic amines) is 1. The predicted molar refractivity (Wildman–Crippen MR) is 153 cm³/mol. The molecule has 2 heterocycles. The van der Waals surface area contributed by atoms with Gasteiger partial charge in [-0.05, 0) is 48.1 Å². The smallest absolute Gasteiger partial charge is 0.244 e. The number of benzene rings is 2. The van der Waals surface area contributed by atoms with E-state index < -0.39 is 53.3 Å². The van der Waals surface area contributed by atoms with Crippen molar-refractivity contribution in [1.29, 1.82) is 0 Å². The molecule has 2 N–H and O–H groups in total. The Hall–Kier alpha value is -4.47. The van der Waals surface area contributed by atoms with E-state index in [0.717, 1.165) is 41.7 Å². The van der Waals surface area contributed by atoms with Crippen molar-refractivity contribution in [3.05, 3.63) is 65.7 Å². The number of hydrogen-bond acceptors (Lipinski definition) is 7. The van der Waals surface area contributed by atoms with Crippen LogP contribution in [0, 0.1) is 17.8 Å². The Morgan fingerprint density at radius 3 is 2.38 bits per heavy atom. The maximum atomic E-state index is 13.7. The molecule has 2 aliphatic heterocycles. The number of rotatable bonds is 10. The fourth-order valence-corrected chi connectivity index (χ4v) is 6.02. The van der Waals surface area contributed by atoms with Crippen molar-refractivity contribution in [2.45, 2.75) is 51.1 Å². The van der Waals surface area contributed by atoms with E-state index in [2.05, 4.69) is 10.6 Å². The van der Waals surface area contributed by atoms with Crippen LogP contribution in [0.25, 0.3) is 6.08 Å². The molecule has 2 aromatic rings. The highest BCUT2D eigenvalue weighted by atomic mass is 16.7. The van der Waals surface area contributed by atoms with Crippen LogP contribution >= 0.6 is 0 Å². The lowest BCUT2D eigenvalue weighted by Gasteiger charge is -2.27. The lowest BCUT2D eigenvalue weighted by molar-refractivity contribution is -0.141. The van der Waals surface area contributed by atoms with Crippen LogP contribution in [-0.2, 0) is 24.0 Å². The molecule has 5 rings (SSSR count). The lowest BCUT2D eigenvalue weighted by atomic mass is 9.83. The molecule has 1 saturated heterocycles. The summed E-state index contributed by atoms with van der Waals surface area (Å²) in [4.78, 5) is 66.3. The molecule has 42 heavy (non-hydrogen) atoms. The minimum Gasteiger partial charge on any atom is -0.454 e. The van der Waals surface area contributed by atoms with Crippen molar-refractivity contribution in [3.8, 4) is 11.5 Å². The first-order valence-electron chi connectivity index (χ1n) is 14.3. The highest BCUT2D eigenvalue weighted by molar-refractivity contribution is 6.16. The number of ether oxygens (including phenoxy) is 2. The summed E-state index contributed by atoms with van der Waals surface area (Å²) in [7, 11) is 1.38. The third kappa shape index (κ3) is 6.22. The third-order valence-electron chi connectivity index (χ3n) is 8.35. The quantitative estimate of drug-likeness (QED) is 0.254. The van der Waals surface area contributed by atoms with Crippen molar-refractivity contribution < 1.29 is 33.4 Å². The molecule has 0 aromatic heterocycles. The summed E-state index contributed by atoms with van der Waals surface area (Å²) in [5.74, 6) is -2.91. The van der Waals surface area contributed by atoms with Gasteiger partial charge >= 0.3 is 0 Å². The molecule has 4 amide bonds. The molecule has 3 aliphatic rings. The Balaban J connectivity index is 1.29. The predicted octanol–water partition coefficient (Wildman–Crippen LogP) is 3.17. The molecule has 2 aromatic carbocycles. The normalized spacial score (nSPS) is 21.5. The Kier molecular flexibility index (Phi) is 8.70. The molecule has 4 atom stereocenters. The number of nitrogens with zero attached hydrogens (tertiary/aromatic N) is 1. The number of Topliss-reactive ketones (excluding diaryl/α,β-unsaturated/α-hetero) is 1. The average molecular weight is 574 g/mol. The second-order valence-corrected chi connectivity index (χ2v) is 11.1. The zero-order chi connectivity index (χ0) is 29.8. The topological polar surface area (TPSA) is 131 Å². The minimum atomic E-state index is -1.11. The first-order valence-corrected chi connectivity index (χ1v) is 14.3. The molecular weight excluding hydrogens is 538 g/mol. The van der Waals surface area contributed by atoms with Crippen LogP contribution in [0.4, 0.5) is 0 Å². The maximum absolute atomic E-state index is 13.7. The fraction of sp³-hybridized carbons (Fsp3) is 0.406. The summed E-state index contributed by atoms with van der Waals surface area (Å²) < 4.78 is 10.7. The lowest BCUT2D eigenvalue weighted by Crippen LogP contribution is -2.50. The third-order valence-corrected chi connectivity index (χ3v) is 8.35. The number of ketones is 1. The molecular formula is C32H35N3O7. The molecule has 0 radical (unpaired) electrons. The van der Waals surface area contributed by atoms with E-state index in [1.807, 2.05) is 30.3 Å². The Morgan fingerprint density at radius 2 is 1.69 bits per heavy atom. The van der Waals surface area contributed by atoms with Gasteiger partial charge in [-0.3, -0.25) is 28.9 Å². The molecule has 10 heteroatoms. The van der Waals surface area contributed by atoms with Crippen LogP contribution in [-0.4, -0.2) is 54.2 Å². The van der Waals surface area contributed by atoms with E-state index in [-0.39, 0.29) is 19.1 Å². The Bertz CT molecular complexity index is 1400. The van der Waals surface area contributed by atoms with Gasteiger partial charge in [-0.1, -0.05) is 56.2 Å². The number of carbonyl (C=O) groups is 5. The minimum absolute atomic E-state index is 0.114.